The molecule has 0 radical (unpaired) electrons. The molecule has 0 bridgehead atoms. The fourth-order valence-corrected chi connectivity index (χ4v) is 5.44. The maximum atomic E-state index is 12.4. The van der Waals surface area contributed by atoms with E-state index in [1.807, 2.05) is 18.2 Å². The lowest BCUT2D eigenvalue weighted by atomic mass is 9.55. The number of hydrogen-bond acceptors (Lipinski definition) is 2. The molecule has 2 heteroatoms. The molecule has 4 rings (SSSR count). The van der Waals surface area contributed by atoms with Crippen LogP contribution in [0.3, 0.4) is 0 Å². The average molecular weight is 282 g/mol. The highest BCUT2D eigenvalue weighted by Crippen LogP contribution is 2.60. The first-order valence-electron chi connectivity index (χ1n) is 8.14. The topological polar surface area (TPSA) is 37.3 Å². The summed E-state index contributed by atoms with van der Waals surface area (Å²) in [5, 5.41) is 9.69. The van der Waals surface area contributed by atoms with Crippen LogP contribution in [0, 0.1) is 17.3 Å². The van der Waals surface area contributed by atoms with Crippen molar-refractivity contribution in [2.75, 3.05) is 0 Å². The van der Waals surface area contributed by atoms with Crippen molar-refractivity contribution in [3.05, 3.63) is 42.0 Å². The van der Waals surface area contributed by atoms with Crippen LogP contribution in [0.15, 0.2) is 30.9 Å². The van der Waals surface area contributed by atoms with Gasteiger partial charge in [0, 0.05) is 11.8 Å². The zero-order valence-electron chi connectivity index (χ0n) is 12.3. The minimum atomic E-state index is -0.227. The minimum absolute atomic E-state index is 0.227. The first-order valence-corrected chi connectivity index (χ1v) is 8.14. The smallest absolute Gasteiger partial charge is 0.143 e. The van der Waals surface area contributed by atoms with Gasteiger partial charge in [-0.15, -0.1) is 6.58 Å². The molecule has 110 valence electrons. The van der Waals surface area contributed by atoms with Crippen molar-refractivity contribution in [3.8, 4) is 5.75 Å². The number of aromatic hydroxyl groups is 1. The Morgan fingerprint density at radius 2 is 2.10 bits per heavy atom. The quantitative estimate of drug-likeness (QED) is 0.791. The maximum Gasteiger partial charge on any atom is 0.143 e. The Morgan fingerprint density at radius 3 is 2.90 bits per heavy atom. The molecule has 2 saturated carbocycles. The number of phenols is 1. The molecule has 0 unspecified atom stereocenters. The van der Waals surface area contributed by atoms with E-state index in [1.54, 1.807) is 0 Å². The number of ketones is 1. The molecule has 2 fully saturated rings. The van der Waals surface area contributed by atoms with Gasteiger partial charge >= 0.3 is 0 Å². The number of allylic oxidation sites excluding steroid dienone is 1. The Bertz CT molecular complexity index is 618. The van der Waals surface area contributed by atoms with Gasteiger partial charge in [-0.05, 0) is 73.1 Å². The summed E-state index contributed by atoms with van der Waals surface area (Å²) in [5.41, 5.74) is 2.50. The lowest BCUT2D eigenvalue weighted by molar-refractivity contribution is -0.127. The van der Waals surface area contributed by atoms with Crippen LogP contribution in [0.25, 0.3) is 0 Å². The fraction of sp³-hybridized carbons (Fsp3) is 0.526. The summed E-state index contributed by atoms with van der Waals surface area (Å²) in [4.78, 5) is 12.4. The first kappa shape index (κ1) is 13.1. The van der Waals surface area contributed by atoms with Gasteiger partial charge in [0.15, 0.2) is 0 Å². The van der Waals surface area contributed by atoms with Crippen LogP contribution in [0.2, 0.25) is 0 Å². The zero-order valence-corrected chi connectivity index (χ0v) is 12.3. The van der Waals surface area contributed by atoms with Crippen LogP contribution < -0.4 is 0 Å². The van der Waals surface area contributed by atoms with E-state index in [0.717, 1.165) is 38.5 Å². The standard InChI is InChI=1S/C19H22O2/c1-2-19-10-9-15-14-6-4-13(20)11-12(14)3-5-16(15)17(19)7-8-18(19)21/h2,4,6,11,15-17,20H,1,3,5,7-10H2/t15-,16-,17+,19+/m1/s1. The van der Waals surface area contributed by atoms with Gasteiger partial charge in [-0.1, -0.05) is 12.1 Å². The second-order valence-corrected chi connectivity index (χ2v) is 7.04. The van der Waals surface area contributed by atoms with Crippen LogP contribution in [-0.4, -0.2) is 10.9 Å². The summed E-state index contributed by atoms with van der Waals surface area (Å²) in [6.07, 6.45) is 7.97. The summed E-state index contributed by atoms with van der Waals surface area (Å²) in [6.45, 7) is 4.01. The van der Waals surface area contributed by atoms with Crippen LogP contribution in [-0.2, 0) is 11.2 Å². The van der Waals surface area contributed by atoms with Gasteiger partial charge in [0.2, 0.25) is 0 Å². The predicted molar refractivity (Wildman–Crippen MR) is 82.3 cm³/mol. The molecule has 3 aliphatic rings. The number of carbonyl (C=O) groups is 1. The van der Waals surface area contributed by atoms with Gasteiger partial charge in [0.05, 0.1) is 0 Å². The molecule has 0 amide bonds. The third-order valence-electron chi connectivity index (χ3n) is 6.40. The normalized spacial score (nSPS) is 37.5. The molecule has 1 aromatic rings. The van der Waals surface area contributed by atoms with Crippen molar-refractivity contribution in [1.82, 2.24) is 0 Å². The van der Waals surface area contributed by atoms with Crippen LogP contribution in [0.5, 0.6) is 5.75 Å². The van der Waals surface area contributed by atoms with E-state index in [2.05, 4.69) is 12.6 Å². The Morgan fingerprint density at radius 1 is 1.24 bits per heavy atom. The zero-order chi connectivity index (χ0) is 14.6. The fourth-order valence-electron chi connectivity index (χ4n) is 5.44. The van der Waals surface area contributed by atoms with Gasteiger partial charge < -0.3 is 5.11 Å². The van der Waals surface area contributed by atoms with E-state index < -0.39 is 0 Å². The molecule has 3 aliphatic carbocycles. The lowest BCUT2D eigenvalue weighted by Gasteiger charge is -2.48. The molecule has 2 nitrogen and oxygen atoms in total. The molecule has 1 N–H and O–H groups in total. The van der Waals surface area contributed by atoms with Gasteiger partial charge in [-0.2, -0.15) is 0 Å². The molecule has 0 spiro atoms. The summed E-state index contributed by atoms with van der Waals surface area (Å²) >= 11 is 0. The monoisotopic (exact) mass is 282 g/mol. The Hall–Kier alpha value is -1.57. The van der Waals surface area contributed by atoms with E-state index in [-0.39, 0.29) is 5.41 Å². The first-order chi connectivity index (χ1) is 10.2. The summed E-state index contributed by atoms with van der Waals surface area (Å²) in [6, 6.07) is 5.86. The van der Waals surface area contributed by atoms with Crippen molar-refractivity contribution in [1.29, 1.82) is 0 Å². The molecule has 0 saturated heterocycles. The summed E-state index contributed by atoms with van der Waals surface area (Å²) in [7, 11) is 0. The highest BCUT2D eigenvalue weighted by Gasteiger charge is 2.55. The van der Waals surface area contributed by atoms with Crippen LogP contribution >= 0.6 is 0 Å². The minimum Gasteiger partial charge on any atom is -0.508 e. The van der Waals surface area contributed by atoms with Crippen molar-refractivity contribution < 1.29 is 9.90 Å². The number of benzene rings is 1. The summed E-state index contributed by atoms with van der Waals surface area (Å²) in [5.74, 6) is 2.47. The van der Waals surface area contributed by atoms with E-state index in [9.17, 15) is 9.90 Å². The SMILES string of the molecule is C=C[C@]12CC[C@@H]3c4ccc(O)cc4CC[C@H]3[C@@H]1CCC2=O. The molecular formula is C19H22O2. The second kappa shape index (κ2) is 4.46. The molecule has 0 aromatic heterocycles. The van der Waals surface area contributed by atoms with Crippen molar-refractivity contribution in [3.63, 3.8) is 0 Å². The highest BCUT2D eigenvalue weighted by molar-refractivity contribution is 5.89. The lowest BCUT2D eigenvalue weighted by Crippen LogP contribution is -2.43. The molecule has 1 aromatic carbocycles. The van der Waals surface area contributed by atoms with Crippen molar-refractivity contribution >= 4 is 5.78 Å². The maximum absolute atomic E-state index is 12.4. The van der Waals surface area contributed by atoms with Crippen LogP contribution in [0.1, 0.15) is 49.1 Å². The number of rotatable bonds is 1. The highest BCUT2D eigenvalue weighted by atomic mass is 16.3. The third kappa shape index (κ3) is 1.68. The van der Waals surface area contributed by atoms with Gasteiger partial charge in [-0.3, -0.25) is 4.79 Å². The number of phenolic OH excluding ortho intramolecular Hbond substituents is 1. The number of carbonyl (C=O) groups excluding carboxylic acids is 1. The van der Waals surface area contributed by atoms with Gasteiger partial charge in [0.1, 0.15) is 11.5 Å². The van der Waals surface area contributed by atoms with Crippen molar-refractivity contribution in [2.24, 2.45) is 17.3 Å². The Balaban J connectivity index is 1.74. The van der Waals surface area contributed by atoms with Gasteiger partial charge in [-0.25, -0.2) is 0 Å². The van der Waals surface area contributed by atoms with E-state index in [1.165, 1.54) is 11.1 Å². The molecule has 0 aliphatic heterocycles. The number of aryl methyl sites for hydroxylation is 1. The molecule has 21 heavy (non-hydrogen) atoms. The summed E-state index contributed by atoms with van der Waals surface area (Å²) < 4.78 is 0. The molecule has 0 heterocycles. The van der Waals surface area contributed by atoms with E-state index >= 15 is 0 Å². The average Bonchev–Trinajstić information content (AvgIpc) is 2.84. The van der Waals surface area contributed by atoms with E-state index in [0.29, 0.717) is 29.3 Å². The largest absolute Gasteiger partial charge is 0.508 e. The van der Waals surface area contributed by atoms with E-state index in [4.69, 9.17) is 0 Å². The predicted octanol–water partition coefficient (Wildman–Crippen LogP) is 3.98. The number of fused-ring (bicyclic) bond motifs is 5. The number of hydrogen-bond donors (Lipinski definition) is 1. The van der Waals surface area contributed by atoms with Gasteiger partial charge in [0.25, 0.3) is 0 Å². The second-order valence-electron chi connectivity index (χ2n) is 7.04. The Kier molecular flexibility index (Phi) is 2.79. The Labute approximate surface area is 125 Å². The molecular weight excluding hydrogens is 260 g/mol. The number of Topliss-reactive ketones (excluding diaryl/α,β-unsaturated/α-hetero) is 1. The van der Waals surface area contributed by atoms with Crippen molar-refractivity contribution in [2.45, 2.75) is 44.4 Å². The molecule has 4 atom stereocenters. The van der Waals surface area contributed by atoms with Crippen LogP contribution in [0.4, 0.5) is 0 Å². The third-order valence-corrected chi connectivity index (χ3v) is 6.40.